The van der Waals surface area contributed by atoms with Gasteiger partial charge in [-0.25, -0.2) is 0 Å². The lowest BCUT2D eigenvalue weighted by Gasteiger charge is -2.06. The molecule has 0 bridgehead atoms. The van der Waals surface area contributed by atoms with Crippen molar-refractivity contribution in [2.24, 2.45) is 0 Å². The number of benzene rings is 2. The molecule has 3 heteroatoms. The van der Waals surface area contributed by atoms with Gasteiger partial charge < -0.3 is 10.3 Å². The number of carbonyl (C=O) groups excluding carboxylic acids is 1. The lowest BCUT2D eigenvalue weighted by Crippen LogP contribution is -2.11. The van der Waals surface area contributed by atoms with Gasteiger partial charge in [-0.3, -0.25) is 4.79 Å². The number of fused-ring (bicyclic) bond motifs is 1. The maximum absolute atomic E-state index is 12.1. The van der Waals surface area contributed by atoms with Crippen LogP contribution in [0.15, 0.2) is 54.6 Å². The summed E-state index contributed by atoms with van der Waals surface area (Å²) in [5.41, 5.74) is 3.60. The molecule has 3 aromatic rings. The van der Waals surface area contributed by atoms with Crippen molar-refractivity contribution in [1.82, 2.24) is 4.98 Å². The quantitative estimate of drug-likeness (QED) is 0.715. The molecule has 1 heterocycles. The Kier molecular flexibility index (Phi) is 2.80. The molecule has 19 heavy (non-hydrogen) atoms. The molecule has 0 saturated carbocycles. The molecule has 0 spiro atoms. The first kappa shape index (κ1) is 11.5. The fourth-order valence-corrected chi connectivity index (χ4v) is 2.19. The van der Waals surface area contributed by atoms with Crippen molar-refractivity contribution < 1.29 is 4.79 Å². The highest BCUT2D eigenvalue weighted by molar-refractivity contribution is 6.08. The van der Waals surface area contributed by atoms with Crippen LogP contribution < -0.4 is 5.32 Å². The molecule has 0 radical (unpaired) electrons. The molecular weight excluding hydrogens is 236 g/mol. The zero-order valence-electron chi connectivity index (χ0n) is 10.6. The molecule has 2 aromatic carbocycles. The first-order chi connectivity index (χ1) is 9.24. The molecule has 0 unspecified atom stereocenters. The Balaban J connectivity index is 1.95. The van der Waals surface area contributed by atoms with Crippen LogP contribution in [0.1, 0.15) is 16.1 Å². The van der Waals surface area contributed by atoms with Crippen LogP contribution in [0.5, 0.6) is 0 Å². The van der Waals surface area contributed by atoms with E-state index < -0.39 is 0 Å². The van der Waals surface area contributed by atoms with Gasteiger partial charge in [0.1, 0.15) is 0 Å². The third kappa shape index (κ3) is 2.22. The first-order valence-electron chi connectivity index (χ1n) is 6.19. The molecule has 0 aliphatic rings. The largest absolute Gasteiger partial charge is 0.359 e. The number of aromatic nitrogens is 1. The van der Waals surface area contributed by atoms with E-state index in [4.69, 9.17) is 0 Å². The van der Waals surface area contributed by atoms with Crippen molar-refractivity contribution in [3.8, 4) is 0 Å². The topological polar surface area (TPSA) is 44.9 Å². The predicted molar refractivity (Wildman–Crippen MR) is 77.4 cm³/mol. The van der Waals surface area contributed by atoms with Crippen molar-refractivity contribution in [1.29, 1.82) is 0 Å². The molecule has 94 valence electrons. The Hall–Kier alpha value is -2.55. The molecule has 3 rings (SSSR count). The lowest BCUT2D eigenvalue weighted by atomic mass is 10.2. The van der Waals surface area contributed by atoms with Crippen LogP contribution in [-0.4, -0.2) is 10.9 Å². The number of hydrogen-bond acceptors (Lipinski definition) is 1. The molecule has 0 aliphatic carbocycles. The van der Waals surface area contributed by atoms with Crippen LogP contribution in [0.25, 0.3) is 10.9 Å². The van der Waals surface area contributed by atoms with Crippen LogP contribution >= 0.6 is 0 Å². The zero-order chi connectivity index (χ0) is 13.2. The van der Waals surface area contributed by atoms with Crippen molar-refractivity contribution in [2.45, 2.75) is 6.92 Å². The molecule has 3 nitrogen and oxygen atoms in total. The van der Waals surface area contributed by atoms with Gasteiger partial charge in [0, 0.05) is 22.2 Å². The molecule has 0 atom stereocenters. The van der Waals surface area contributed by atoms with E-state index in [1.54, 1.807) is 12.1 Å². The second kappa shape index (κ2) is 4.61. The smallest absolute Gasteiger partial charge is 0.255 e. The number of carbonyl (C=O) groups is 1. The van der Waals surface area contributed by atoms with E-state index in [2.05, 4.69) is 10.3 Å². The summed E-state index contributed by atoms with van der Waals surface area (Å²) in [4.78, 5) is 15.4. The highest BCUT2D eigenvalue weighted by atomic mass is 16.1. The number of aryl methyl sites for hydroxylation is 1. The minimum atomic E-state index is -0.0908. The van der Waals surface area contributed by atoms with Crippen molar-refractivity contribution in [3.05, 3.63) is 65.9 Å². The standard InChI is InChI=1S/C16H14N2O/c1-11-10-13-14(17-11)8-5-9-15(13)18-16(19)12-6-3-2-4-7-12/h2-10,17H,1H3,(H,18,19). The number of nitrogens with one attached hydrogen (secondary N) is 2. The van der Waals surface area contributed by atoms with Gasteiger partial charge in [0.25, 0.3) is 5.91 Å². The highest BCUT2D eigenvalue weighted by Gasteiger charge is 2.08. The number of anilines is 1. The molecule has 1 aromatic heterocycles. The summed E-state index contributed by atoms with van der Waals surface area (Å²) >= 11 is 0. The Morgan fingerprint density at radius 1 is 1.05 bits per heavy atom. The fraction of sp³-hybridized carbons (Fsp3) is 0.0625. The van der Waals surface area contributed by atoms with Gasteiger partial charge in [-0.1, -0.05) is 24.3 Å². The second-order valence-corrected chi connectivity index (χ2v) is 4.54. The summed E-state index contributed by atoms with van der Waals surface area (Å²) in [6.45, 7) is 2.00. The number of H-pyrrole nitrogens is 1. The monoisotopic (exact) mass is 250 g/mol. The SMILES string of the molecule is Cc1cc2c(NC(=O)c3ccccc3)cccc2[nH]1. The molecule has 0 aliphatic heterocycles. The molecule has 0 saturated heterocycles. The van der Waals surface area contributed by atoms with Gasteiger partial charge in [-0.15, -0.1) is 0 Å². The van der Waals surface area contributed by atoms with E-state index in [-0.39, 0.29) is 5.91 Å². The average molecular weight is 250 g/mol. The minimum Gasteiger partial charge on any atom is -0.359 e. The fourth-order valence-electron chi connectivity index (χ4n) is 2.19. The third-order valence-corrected chi connectivity index (χ3v) is 3.08. The Morgan fingerprint density at radius 2 is 1.84 bits per heavy atom. The van der Waals surface area contributed by atoms with Crippen molar-refractivity contribution >= 4 is 22.5 Å². The van der Waals surface area contributed by atoms with Crippen LogP contribution in [0.3, 0.4) is 0 Å². The Morgan fingerprint density at radius 3 is 2.63 bits per heavy atom. The molecule has 1 amide bonds. The summed E-state index contributed by atoms with van der Waals surface area (Å²) in [5, 5.41) is 3.99. The van der Waals surface area contributed by atoms with Gasteiger partial charge in [-0.05, 0) is 37.3 Å². The van der Waals surface area contributed by atoms with Crippen LogP contribution in [0, 0.1) is 6.92 Å². The number of amides is 1. The van der Waals surface area contributed by atoms with E-state index in [0.717, 1.165) is 22.3 Å². The number of aromatic amines is 1. The summed E-state index contributed by atoms with van der Waals surface area (Å²) in [7, 11) is 0. The predicted octanol–water partition coefficient (Wildman–Crippen LogP) is 3.73. The van der Waals surface area contributed by atoms with Gasteiger partial charge in [-0.2, -0.15) is 0 Å². The molecule has 2 N–H and O–H groups in total. The number of rotatable bonds is 2. The number of hydrogen-bond donors (Lipinski definition) is 2. The van der Waals surface area contributed by atoms with Crippen LogP contribution in [-0.2, 0) is 0 Å². The Bertz CT molecular complexity index is 729. The molecular formula is C16H14N2O. The Labute approximate surface area is 111 Å². The third-order valence-electron chi connectivity index (χ3n) is 3.08. The van der Waals surface area contributed by atoms with Gasteiger partial charge in [0.15, 0.2) is 0 Å². The lowest BCUT2D eigenvalue weighted by molar-refractivity contribution is 0.102. The van der Waals surface area contributed by atoms with Gasteiger partial charge in [0.05, 0.1) is 5.69 Å². The minimum absolute atomic E-state index is 0.0908. The molecule has 0 fully saturated rings. The maximum Gasteiger partial charge on any atom is 0.255 e. The van der Waals surface area contributed by atoms with Crippen LogP contribution in [0.2, 0.25) is 0 Å². The van der Waals surface area contributed by atoms with E-state index in [1.165, 1.54) is 0 Å². The second-order valence-electron chi connectivity index (χ2n) is 4.54. The van der Waals surface area contributed by atoms with Crippen LogP contribution in [0.4, 0.5) is 5.69 Å². The summed E-state index contributed by atoms with van der Waals surface area (Å²) < 4.78 is 0. The normalized spacial score (nSPS) is 10.6. The first-order valence-corrected chi connectivity index (χ1v) is 6.19. The van der Waals surface area contributed by atoms with Gasteiger partial charge in [0.2, 0.25) is 0 Å². The van der Waals surface area contributed by atoms with E-state index in [0.29, 0.717) is 5.56 Å². The van der Waals surface area contributed by atoms with Crippen molar-refractivity contribution in [3.63, 3.8) is 0 Å². The highest BCUT2D eigenvalue weighted by Crippen LogP contribution is 2.24. The van der Waals surface area contributed by atoms with E-state index in [9.17, 15) is 4.79 Å². The van der Waals surface area contributed by atoms with Crippen molar-refractivity contribution in [2.75, 3.05) is 5.32 Å². The van der Waals surface area contributed by atoms with Gasteiger partial charge >= 0.3 is 0 Å². The maximum atomic E-state index is 12.1. The summed E-state index contributed by atoms with van der Waals surface area (Å²) in [6.07, 6.45) is 0. The zero-order valence-corrected chi connectivity index (χ0v) is 10.6. The summed E-state index contributed by atoms with van der Waals surface area (Å²) in [5.74, 6) is -0.0908. The van der Waals surface area contributed by atoms with E-state index >= 15 is 0 Å². The van der Waals surface area contributed by atoms with E-state index in [1.807, 2.05) is 49.4 Å². The average Bonchev–Trinajstić information content (AvgIpc) is 2.81. The summed E-state index contributed by atoms with van der Waals surface area (Å²) in [6, 6.07) is 17.1.